The van der Waals surface area contributed by atoms with Gasteiger partial charge in [0.05, 0.1) is 65.7 Å². The van der Waals surface area contributed by atoms with Gasteiger partial charge in [-0.15, -0.1) is 0 Å². The lowest BCUT2D eigenvalue weighted by molar-refractivity contribution is -0.151. The second kappa shape index (κ2) is 27.9. The Hall–Kier alpha value is -1.22. The number of aliphatic hydroxyl groups is 1. The maximum absolute atomic E-state index is 11.9. The molecule has 0 heterocycles. The number of carbonyl (C=O) groups is 2. The zero-order chi connectivity index (χ0) is 29.8. The lowest BCUT2D eigenvalue weighted by atomic mass is 9.91. The van der Waals surface area contributed by atoms with Gasteiger partial charge in [0.15, 0.2) is 0 Å². The highest BCUT2D eigenvalue weighted by atomic mass is 16.6. The van der Waals surface area contributed by atoms with Gasteiger partial charge in [0, 0.05) is 0 Å². The van der Waals surface area contributed by atoms with E-state index in [2.05, 4.69) is 34.6 Å². The Labute approximate surface area is 245 Å². The van der Waals surface area contributed by atoms with E-state index in [9.17, 15) is 9.59 Å². The highest BCUT2D eigenvalue weighted by Gasteiger charge is 2.11. The number of rotatable bonds is 29. The lowest BCUT2D eigenvalue weighted by Crippen LogP contribution is -2.15. The molecule has 0 aromatic heterocycles. The Bertz CT molecular complexity index is 583. The summed E-state index contributed by atoms with van der Waals surface area (Å²) < 4.78 is 26.1. The fraction of sp³-hybridized carbons (Fsp3) is 0.938. The minimum absolute atomic E-state index is 0.000627. The topological polar surface area (TPSA) is 101 Å². The highest BCUT2D eigenvalue weighted by molar-refractivity contribution is 5.77. The molecule has 3 unspecified atom stereocenters. The summed E-state index contributed by atoms with van der Waals surface area (Å²) in [5.41, 5.74) is 0. The third-order valence-corrected chi connectivity index (χ3v) is 7.14. The summed E-state index contributed by atoms with van der Waals surface area (Å²) >= 11 is 0. The number of aliphatic hydroxyl groups excluding tert-OH is 1. The monoisotopic (exact) mass is 574 g/mol. The Morgan fingerprint density at radius 1 is 0.500 bits per heavy atom. The highest BCUT2D eigenvalue weighted by Crippen LogP contribution is 2.22. The molecule has 0 rings (SSSR count). The maximum atomic E-state index is 11.9. The predicted molar refractivity (Wildman–Crippen MR) is 159 cm³/mol. The molecular weight excluding hydrogens is 512 g/mol. The fourth-order valence-electron chi connectivity index (χ4n) is 4.48. The third kappa shape index (κ3) is 28.3. The molecule has 0 saturated heterocycles. The van der Waals surface area contributed by atoms with E-state index >= 15 is 0 Å². The SMILES string of the molecule is CC(C)CCCC(C)CCCC(C)CCCC(C)CCOC(=O)CCC(=O)OCCOCCOCCOCCO. The van der Waals surface area contributed by atoms with Crippen LogP contribution < -0.4 is 0 Å². The van der Waals surface area contributed by atoms with Crippen molar-refractivity contribution < 1.29 is 38.4 Å². The summed E-state index contributed by atoms with van der Waals surface area (Å²) in [5.74, 6) is 2.19. The van der Waals surface area contributed by atoms with Gasteiger partial charge in [0.2, 0.25) is 0 Å². The molecule has 0 aliphatic heterocycles. The van der Waals surface area contributed by atoms with Crippen molar-refractivity contribution in [2.45, 2.75) is 112 Å². The molecule has 3 atom stereocenters. The fourth-order valence-corrected chi connectivity index (χ4v) is 4.48. The van der Waals surface area contributed by atoms with Crippen LogP contribution in [0.4, 0.5) is 0 Å². The number of esters is 2. The zero-order valence-electron chi connectivity index (χ0n) is 26.5. The van der Waals surface area contributed by atoms with Crippen LogP contribution in [-0.2, 0) is 33.3 Å². The van der Waals surface area contributed by atoms with Crippen molar-refractivity contribution in [1.29, 1.82) is 0 Å². The molecule has 0 saturated carbocycles. The summed E-state index contributed by atoms with van der Waals surface area (Å²) in [7, 11) is 0. The molecule has 0 bridgehead atoms. The lowest BCUT2D eigenvalue weighted by Gasteiger charge is -2.16. The van der Waals surface area contributed by atoms with Crippen LogP contribution in [0, 0.1) is 23.7 Å². The van der Waals surface area contributed by atoms with E-state index in [0.29, 0.717) is 45.6 Å². The number of hydrogen-bond acceptors (Lipinski definition) is 8. The Morgan fingerprint density at radius 2 is 0.875 bits per heavy atom. The third-order valence-electron chi connectivity index (χ3n) is 7.14. The molecule has 0 aromatic carbocycles. The smallest absolute Gasteiger partial charge is 0.306 e. The summed E-state index contributed by atoms with van der Waals surface area (Å²) in [6, 6.07) is 0. The van der Waals surface area contributed by atoms with E-state index in [4.69, 9.17) is 28.8 Å². The molecule has 40 heavy (non-hydrogen) atoms. The molecule has 0 fully saturated rings. The van der Waals surface area contributed by atoms with Crippen LogP contribution in [0.2, 0.25) is 0 Å². The zero-order valence-corrected chi connectivity index (χ0v) is 26.5. The first-order valence-corrected chi connectivity index (χ1v) is 15.9. The second-order valence-electron chi connectivity index (χ2n) is 11.8. The van der Waals surface area contributed by atoms with Crippen LogP contribution in [0.1, 0.15) is 112 Å². The number of hydrogen-bond donors (Lipinski definition) is 1. The van der Waals surface area contributed by atoms with Gasteiger partial charge >= 0.3 is 11.9 Å². The van der Waals surface area contributed by atoms with E-state index in [1.165, 1.54) is 51.4 Å². The predicted octanol–water partition coefficient (Wildman–Crippen LogP) is 6.36. The van der Waals surface area contributed by atoms with Crippen molar-refractivity contribution in [1.82, 2.24) is 0 Å². The molecule has 0 aliphatic carbocycles. The van der Waals surface area contributed by atoms with Crippen LogP contribution in [0.3, 0.4) is 0 Å². The Balaban J connectivity index is 3.58. The van der Waals surface area contributed by atoms with E-state index < -0.39 is 5.97 Å². The second-order valence-corrected chi connectivity index (χ2v) is 11.8. The van der Waals surface area contributed by atoms with E-state index in [1.54, 1.807) is 0 Å². The molecule has 0 aliphatic rings. The molecule has 8 nitrogen and oxygen atoms in total. The van der Waals surface area contributed by atoms with Crippen LogP contribution in [0.25, 0.3) is 0 Å². The largest absolute Gasteiger partial charge is 0.466 e. The average molecular weight is 575 g/mol. The maximum Gasteiger partial charge on any atom is 0.306 e. The first-order valence-electron chi connectivity index (χ1n) is 15.9. The number of ether oxygens (including phenoxy) is 5. The molecule has 0 radical (unpaired) electrons. The first-order chi connectivity index (χ1) is 19.2. The molecule has 1 N–H and O–H groups in total. The quantitative estimate of drug-likeness (QED) is 0.0814. The Kier molecular flexibility index (Phi) is 27.1. The molecule has 0 spiro atoms. The van der Waals surface area contributed by atoms with Crippen molar-refractivity contribution >= 4 is 11.9 Å². The normalized spacial score (nSPS) is 13.8. The standard InChI is InChI=1S/C32H62O8/c1-27(2)9-6-10-28(3)11-7-12-29(4)13-8-14-30(5)17-19-39-31(34)15-16-32(35)40-26-25-38-24-23-37-22-21-36-20-18-33/h27-30,33H,6-26H2,1-5H3. The summed E-state index contributed by atoms with van der Waals surface area (Å²) in [5, 5.41) is 8.58. The van der Waals surface area contributed by atoms with Crippen LogP contribution in [0.15, 0.2) is 0 Å². The summed E-state index contributed by atoms with van der Waals surface area (Å²) in [6.07, 6.45) is 12.7. The van der Waals surface area contributed by atoms with E-state index in [1.807, 2.05) is 0 Å². The van der Waals surface area contributed by atoms with Crippen LogP contribution >= 0.6 is 0 Å². The van der Waals surface area contributed by atoms with Crippen molar-refractivity contribution in [3.8, 4) is 0 Å². The van der Waals surface area contributed by atoms with Crippen molar-refractivity contribution in [2.75, 3.05) is 59.5 Å². The molecule has 0 amide bonds. The van der Waals surface area contributed by atoms with Crippen molar-refractivity contribution in [3.63, 3.8) is 0 Å². The van der Waals surface area contributed by atoms with Crippen molar-refractivity contribution in [3.05, 3.63) is 0 Å². The van der Waals surface area contributed by atoms with Gasteiger partial charge in [0.1, 0.15) is 6.61 Å². The minimum atomic E-state index is -0.430. The van der Waals surface area contributed by atoms with Gasteiger partial charge < -0.3 is 28.8 Å². The van der Waals surface area contributed by atoms with Gasteiger partial charge in [-0.1, -0.05) is 92.4 Å². The van der Waals surface area contributed by atoms with Crippen LogP contribution in [0.5, 0.6) is 0 Å². The van der Waals surface area contributed by atoms with E-state index in [-0.39, 0.29) is 38.6 Å². The molecule has 8 heteroatoms. The van der Waals surface area contributed by atoms with Gasteiger partial charge in [-0.25, -0.2) is 0 Å². The summed E-state index contributed by atoms with van der Waals surface area (Å²) in [4.78, 5) is 23.7. The minimum Gasteiger partial charge on any atom is -0.466 e. The van der Waals surface area contributed by atoms with Gasteiger partial charge in [-0.05, 0) is 30.1 Å². The summed E-state index contributed by atoms with van der Waals surface area (Å²) in [6.45, 7) is 14.4. The number of carbonyl (C=O) groups excluding carboxylic acids is 2. The average Bonchev–Trinajstić information content (AvgIpc) is 2.90. The molecule has 238 valence electrons. The van der Waals surface area contributed by atoms with E-state index in [0.717, 1.165) is 30.6 Å². The molecule has 0 aromatic rings. The first kappa shape index (κ1) is 38.8. The molecular formula is C32H62O8. The van der Waals surface area contributed by atoms with Gasteiger partial charge in [0.25, 0.3) is 0 Å². The van der Waals surface area contributed by atoms with Crippen LogP contribution in [-0.4, -0.2) is 76.5 Å². The van der Waals surface area contributed by atoms with Gasteiger partial charge in [-0.3, -0.25) is 9.59 Å². The van der Waals surface area contributed by atoms with Gasteiger partial charge in [-0.2, -0.15) is 0 Å². The van der Waals surface area contributed by atoms with Crippen molar-refractivity contribution in [2.24, 2.45) is 23.7 Å². The Morgan fingerprint density at radius 3 is 1.32 bits per heavy atom.